The summed E-state index contributed by atoms with van der Waals surface area (Å²) in [5.41, 5.74) is 5.66. The Hall–Kier alpha value is -0.650. The van der Waals surface area contributed by atoms with Crippen LogP contribution in [0.2, 0.25) is 0 Å². The van der Waals surface area contributed by atoms with Crippen molar-refractivity contribution in [3.8, 4) is 0 Å². The molecule has 0 aromatic rings. The minimum Gasteiger partial charge on any atom is -0.383 e. The van der Waals surface area contributed by atoms with E-state index in [9.17, 15) is 4.79 Å². The van der Waals surface area contributed by atoms with Crippen LogP contribution in [0.4, 0.5) is 0 Å². The Labute approximate surface area is 84.9 Å². The Morgan fingerprint density at radius 1 is 1.57 bits per heavy atom. The molecule has 0 aliphatic heterocycles. The number of rotatable bonds is 8. The summed E-state index contributed by atoms with van der Waals surface area (Å²) in [6, 6.07) is -0.0209. The minimum absolute atomic E-state index is 0.0209. The fourth-order valence-electron chi connectivity index (χ4n) is 0.940. The predicted molar refractivity (Wildman–Crippen MR) is 54.0 cm³/mol. The number of carbonyl (C=O) groups excluding carboxylic acids is 1. The van der Waals surface area contributed by atoms with E-state index in [0.29, 0.717) is 26.2 Å². The zero-order chi connectivity index (χ0) is 10.8. The normalized spacial score (nSPS) is 12.5. The van der Waals surface area contributed by atoms with Gasteiger partial charge in [0.1, 0.15) is 6.61 Å². The van der Waals surface area contributed by atoms with Gasteiger partial charge in [-0.3, -0.25) is 4.79 Å². The standard InChI is InChI=1S/C9H20N2O3/c1-3-14-7-9(12)11-5-4-8(10)6-13-2/h8H,3-7,10H2,1-2H3,(H,11,12). The van der Waals surface area contributed by atoms with Crippen LogP contribution in [-0.4, -0.2) is 45.4 Å². The lowest BCUT2D eigenvalue weighted by Gasteiger charge is -2.10. The number of nitrogens with one attached hydrogen (secondary N) is 1. The second-order valence-corrected chi connectivity index (χ2v) is 2.99. The zero-order valence-corrected chi connectivity index (χ0v) is 8.91. The SMILES string of the molecule is CCOCC(=O)NCCC(N)COC. The molecule has 14 heavy (non-hydrogen) atoms. The van der Waals surface area contributed by atoms with Gasteiger partial charge in [0, 0.05) is 26.3 Å². The summed E-state index contributed by atoms with van der Waals surface area (Å²) in [7, 11) is 1.60. The highest BCUT2D eigenvalue weighted by Crippen LogP contribution is 1.86. The Kier molecular flexibility index (Phi) is 8.51. The first-order valence-corrected chi connectivity index (χ1v) is 4.79. The summed E-state index contributed by atoms with van der Waals surface area (Å²) >= 11 is 0. The number of ether oxygens (including phenoxy) is 2. The van der Waals surface area contributed by atoms with Crippen LogP contribution in [0.5, 0.6) is 0 Å². The van der Waals surface area contributed by atoms with Crippen LogP contribution in [0.3, 0.4) is 0 Å². The fraction of sp³-hybridized carbons (Fsp3) is 0.889. The van der Waals surface area contributed by atoms with Crippen LogP contribution >= 0.6 is 0 Å². The molecule has 0 saturated carbocycles. The molecular weight excluding hydrogens is 184 g/mol. The second kappa shape index (κ2) is 8.93. The third kappa shape index (κ3) is 7.97. The molecule has 0 aromatic carbocycles. The van der Waals surface area contributed by atoms with Gasteiger partial charge in [-0.25, -0.2) is 0 Å². The zero-order valence-electron chi connectivity index (χ0n) is 8.91. The highest BCUT2D eigenvalue weighted by Gasteiger charge is 2.03. The Morgan fingerprint density at radius 2 is 2.29 bits per heavy atom. The number of hydrogen-bond donors (Lipinski definition) is 2. The van der Waals surface area contributed by atoms with E-state index in [-0.39, 0.29) is 18.6 Å². The van der Waals surface area contributed by atoms with E-state index in [1.807, 2.05) is 6.92 Å². The summed E-state index contributed by atoms with van der Waals surface area (Å²) in [4.78, 5) is 11.0. The van der Waals surface area contributed by atoms with Gasteiger partial charge in [0.15, 0.2) is 0 Å². The van der Waals surface area contributed by atoms with Crippen LogP contribution in [-0.2, 0) is 14.3 Å². The molecule has 3 N–H and O–H groups in total. The molecule has 0 saturated heterocycles. The van der Waals surface area contributed by atoms with Crippen LogP contribution in [0.25, 0.3) is 0 Å². The van der Waals surface area contributed by atoms with E-state index >= 15 is 0 Å². The van der Waals surface area contributed by atoms with Gasteiger partial charge in [-0.05, 0) is 13.3 Å². The average molecular weight is 204 g/mol. The lowest BCUT2D eigenvalue weighted by Crippen LogP contribution is -2.34. The van der Waals surface area contributed by atoms with E-state index in [2.05, 4.69) is 5.32 Å². The molecule has 0 aliphatic rings. The summed E-state index contributed by atoms with van der Waals surface area (Å²) in [6.45, 7) is 3.60. The molecule has 1 amide bonds. The van der Waals surface area contributed by atoms with Gasteiger partial charge < -0.3 is 20.5 Å². The van der Waals surface area contributed by atoms with Crippen molar-refractivity contribution in [2.75, 3.05) is 33.5 Å². The summed E-state index contributed by atoms with van der Waals surface area (Å²) in [6.07, 6.45) is 0.714. The largest absolute Gasteiger partial charge is 0.383 e. The first kappa shape index (κ1) is 13.4. The maximum absolute atomic E-state index is 11.0. The van der Waals surface area contributed by atoms with Gasteiger partial charge in [0.05, 0.1) is 6.61 Å². The van der Waals surface area contributed by atoms with Crippen LogP contribution < -0.4 is 11.1 Å². The third-order valence-electron chi connectivity index (χ3n) is 1.66. The van der Waals surface area contributed by atoms with Gasteiger partial charge in [-0.15, -0.1) is 0 Å². The summed E-state index contributed by atoms with van der Waals surface area (Å²) < 4.78 is 9.80. The quantitative estimate of drug-likeness (QED) is 0.559. The molecule has 0 fully saturated rings. The van der Waals surface area contributed by atoms with E-state index in [1.54, 1.807) is 7.11 Å². The van der Waals surface area contributed by atoms with Gasteiger partial charge in [0.25, 0.3) is 0 Å². The molecule has 0 aromatic heterocycles. The van der Waals surface area contributed by atoms with Crippen LogP contribution in [0, 0.1) is 0 Å². The van der Waals surface area contributed by atoms with Crippen molar-refractivity contribution < 1.29 is 14.3 Å². The molecule has 0 heterocycles. The number of carbonyl (C=O) groups is 1. The van der Waals surface area contributed by atoms with Crippen molar-refractivity contribution in [1.29, 1.82) is 0 Å². The third-order valence-corrected chi connectivity index (χ3v) is 1.66. The average Bonchev–Trinajstić information content (AvgIpc) is 2.15. The molecule has 0 rings (SSSR count). The summed E-state index contributed by atoms with van der Waals surface area (Å²) in [5.74, 6) is -0.100. The smallest absolute Gasteiger partial charge is 0.245 e. The maximum Gasteiger partial charge on any atom is 0.245 e. The maximum atomic E-state index is 11.0. The van der Waals surface area contributed by atoms with Gasteiger partial charge in [-0.1, -0.05) is 0 Å². The van der Waals surface area contributed by atoms with E-state index in [1.165, 1.54) is 0 Å². The Bertz CT molecular complexity index is 153. The van der Waals surface area contributed by atoms with Crippen molar-refractivity contribution in [2.45, 2.75) is 19.4 Å². The highest BCUT2D eigenvalue weighted by molar-refractivity contribution is 5.77. The fourth-order valence-corrected chi connectivity index (χ4v) is 0.940. The van der Waals surface area contributed by atoms with E-state index < -0.39 is 0 Å². The monoisotopic (exact) mass is 204 g/mol. The molecule has 84 valence electrons. The predicted octanol–water partition coefficient (Wildman–Crippen LogP) is -0.497. The Balaban J connectivity index is 3.30. The van der Waals surface area contributed by atoms with E-state index in [0.717, 1.165) is 0 Å². The molecule has 0 spiro atoms. The lowest BCUT2D eigenvalue weighted by atomic mass is 10.2. The second-order valence-electron chi connectivity index (χ2n) is 2.99. The minimum atomic E-state index is -0.100. The van der Waals surface area contributed by atoms with Crippen molar-refractivity contribution in [3.05, 3.63) is 0 Å². The first-order valence-electron chi connectivity index (χ1n) is 4.79. The van der Waals surface area contributed by atoms with Crippen LogP contribution in [0.15, 0.2) is 0 Å². The van der Waals surface area contributed by atoms with Crippen molar-refractivity contribution in [2.24, 2.45) is 5.73 Å². The molecule has 0 bridgehead atoms. The Morgan fingerprint density at radius 3 is 2.86 bits per heavy atom. The topological polar surface area (TPSA) is 73.6 Å². The van der Waals surface area contributed by atoms with E-state index in [4.69, 9.17) is 15.2 Å². The van der Waals surface area contributed by atoms with Gasteiger partial charge >= 0.3 is 0 Å². The molecule has 1 unspecified atom stereocenters. The molecule has 0 aliphatic carbocycles. The number of nitrogens with two attached hydrogens (primary N) is 1. The molecule has 0 radical (unpaired) electrons. The van der Waals surface area contributed by atoms with Crippen molar-refractivity contribution in [3.63, 3.8) is 0 Å². The number of amides is 1. The van der Waals surface area contributed by atoms with Crippen LogP contribution in [0.1, 0.15) is 13.3 Å². The molecular formula is C9H20N2O3. The molecule has 1 atom stereocenters. The number of hydrogen-bond acceptors (Lipinski definition) is 4. The summed E-state index contributed by atoms with van der Waals surface area (Å²) in [5, 5.41) is 2.71. The molecule has 5 heteroatoms. The molecule has 5 nitrogen and oxygen atoms in total. The lowest BCUT2D eigenvalue weighted by molar-refractivity contribution is -0.125. The van der Waals surface area contributed by atoms with Crippen molar-refractivity contribution >= 4 is 5.91 Å². The highest BCUT2D eigenvalue weighted by atomic mass is 16.5. The van der Waals surface area contributed by atoms with Gasteiger partial charge in [0.2, 0.25) is 5.91 Å². The van der Waals surface area contributed by atoms with Gasteiger partial charge in [-0.2, -0.15) is 0 Å². The number of methoxy groups -OCH3 is 1. The van der Waals surface area contributed by atoms with Crippen molar-refractivity contribution in [1.82, 2.24) is 5.32 Å². The first-order chi connectivity index (χ1) is 6.70.